The molecule has 0 aromatic heterocycles. The number of nitrogens with one attached hydrogen (secondary N) is 1. The molecule has 0 radical (unpaired) electrons. The minimum Gasteiger partial charge on any atom is -0.494 e. The molecule has 0 aliphatic carbocycles. The van der Waals surface area contributed by atoms with Crippen LogP contribution in [0.5, 0.6) is 5.75 Å². The summed E-state index contributed by atoms with van der Waals surface area (Å²) >= 11 is 0. The summed E-state index contributed by atoms with van der Waals surface area (Å²) in [7, 11) is 0. The highest BCUT2D eigenvalue weighted by Gasteiger charge is 2.26. The lowest BCUT2D eigenvalue weighted by atomic mass is 9.88. The molecule has 1 aromatic rings. The molecule has 0 fully saturated rings. The molecule has 0 saturated carbocycles. The topological polar surface area (TPSA) is 58.6 Å². The second-order valence-electron chi connectivity index (χ2n) is 5.48. The van der Waals surface area contributed by atoms with Gasteiger partial charge in [-0.25, -0.2) is 0 Å². The zero-order valence-electron chi connectivity index (χ0n) is 12.4. The molecular weight excluding hydrogens is 254 g/mol. The number of amides is 1. The van der Waals surface area contributed by atoms with Gasteiger partial charge in [-0.15, -0.1) is 0 Å². The van der Waals surface area contributed by atoms with Gasteiger partial charge in [-0.05, 0) is 31.4 Å². The Balaban J connectivity index is 2.09. The second-order valence-corrected chi connectivity index (χ2v) is 5.48. The predicted octanol–water partition coefficient (Wildman–Crippen LogP) is 2.37. The van der Waals surface area contributed by atoms with Crippen molar-refractivity contribution >= 4 is 5.91 Å². The molecule has 0 bridgehead atoms. The monoisotopic (exact) mass is 279 g/mol. The number of rotatable bonds is 9. The Morgan fingerprint density at radius 1 is 1.25 bits per heavy atom. The maximum Gasteiger partial charge on any atom is 0.225 e. The molecule has 0 aliphatic rings. The molecule has 1 aromatic carbocycles. The first-order valence-corrected chi connectivity index (χ1v) is 7.13. The van der Waals surface area contributed by atoms with Crippen molar-refractivity contribution in [3.8, 4) is 5.75 Å². The normalized spacial score (nSPS) is 11.2. The third kappa shape index (κ3) is 6.06. The summed E-state index contributed by atoms with van der Waals surface area (Å²) in [6, 6.07) is 9.70. The molecule has 20 heavy (non-hydrogen) atoms. The van der Waals surface area contributed by atoms with Crippen molar-refractivity contribution in [2.75, 3.05) is 19.8 Å². The van der Waals surface area contributed by atoms with Gasteiger partial charge >= 0.3 is 0 Å². The van der Waals surface area contributed by atoms with Gasteiger partial charge in [0.2, 0.25) is 5.91 Å². The lowest BCUT2D eigenvalue weighted by Gasteiger charge is -2.22. The maximum atomic E-state index is 11.9. The minimum atomic E-state index is -0.505. The van der Waals surface area contributed by atoms with Crippen molar-refractivity contribution in [2.45, 2.75) is 33.1 Å². The third-order valence-corrected chi connectivity index (χ3v) is 3.22. The van der Waals surface area contributed by atoms with Gasteiger partial charge < -0.3 is 15.2 Å². The molecule has 0 atom stereocenters. The van der Waals surface area contributed by atoms with Crippen LogP contribution in [0.25, 0.3) is 0 Å². The first-order valence-electron chi connectivity index (χ1n) is 7.13. The number of ether oxygens (including phenoxy) is 1. The van der Waals surface area contributed by atoms with Crippen LogP contribution >= 0.6 is 0 Å². The predicted molar refractivity (Wildman–Crippen MR) is 79.7 cm³/mol. The van der Waals surface area contributed by atoms with Crippen LogP contribution in [0.1, 0.15) is 33.1 Å². The summed E-state index contributed by atoms with van der Waals surface area (Å²) < 4.78 is 5.57. The summed E-state index contributed by atoms with van der Waals surface area (Å²) in [4.78, 5) is 11.9. The molecule has 112 valence electrons. The Morgan fingerprint density at radius 3 is 2.60 bits per heavy atom. The van der Waals surface area contributed by atoms with Crippen molar-refractivity contribution in [2.24, 2.45) is 5.41 Å². The quantitative estimate of drug-likeness (QED) is 0.682. The van der Waals surface area contributed by atoms with Crippen LogP contribution in [0.2, 0.25) is 0 Å². The Kier molecular flexibility index (Phi) is 7.09. The highest BCUT2D eigenvalue weighted by Crippen LogP contribution is 2.19. The van der Waals surface area contributed by atoms with E-state index in [1.165, 1.54) is 0 Å². The van der Waals surface area contributed by atoms with Crippen LogP contribution in [0.15, 0.2) is 30.3 Å². The zero-order valence-corrected chi connectivity index (χ0v) is 12.4. The van der Waals surface area contributed by atoms with Crippen LogP contribution < -0.4 is 10.1 Å². The van der Waals surface area contributed by atoms with Gasteiger partial charge in [0.25, 0.3) is 0 Å². The first-order chi connectivity index (χ1) is 9.56. The molecule has 2 N–H and O–H groups in total. The molecular formula is C16H25NO3. The van der Waals surface area contributed by atoms with Gasteiger partial charge in [-0.2, -0.15) is 0 Å². The van der Waals surface area contributed by atoms with E-state index in [-0.39, 0.29) is 12.5 Å². The van der Waals surface area contributed by atoms with E-state index in [1.54, 1.807) is 0 Å². The summed E-state index contributed by atoms with van der Waals surface area (Å²) in [5, 5.41) is 11.8. The molecule has 0 heterocycles. The van der Waals surface area contributed by atoms with Gasteiger partial charge in [0.05, 0.1) is 6.61 Å². The van der Waals surface area contributed by atoms with E-state index in [4.69, 9.17) is 9.84 Å². The van der Waals surface area contributed by atoms with Crippen molar-refractivity contribution < 1.29 is 14.6 Å². The number of carbonyl (C=O) groups excluding carboxylic acids is 1. The lowest BCUT2D eigenvalue weighted by molar-refractivity contribution is -0.130. The average molecular weight is 279 g/mol. The molecule has 1 rings (SSSR count). The average Bonchev–Trinajstić information content (AvgIpc) is 2.43. The number of para-hydroxylation sites is 1. The fourth-order valence-corrected chi connectivity index (χ4v) is 1.77. The van der Waals surface area contributed by atoms with Gasteiger partial charge in [-0.3, -0.25) is 4.79 Å². The number of hydrogen-bond acceptors (Lipinski definition) is 3. The van der Waals surface area contributed by atoms with E-state index in [1.807, 2.05) is 44.2 Å². The van der Waals surface area contributed by atoms with Crippen LogP contribution in [0.4, 0.5) is 0 Å². The van der Waals surface area contributed by atoms with Crippen LogP contribution in [-0.2, 0) is 4.79 Å². The van der Waals surface area contributed by atoms with Crippen molar-refractivity contribution in [1.29, 1.82) is 0 Å². The molecule has 4 nitrogen and oxygen atoms in total. The van der Waals surface area contributed by atoms with Gasteiger partial charge in [0.15, 0.2) is 0 Å². The van der Waals surface area contributed by atoms with E-state index in [2.05, 4.69) is 5.32 Å². The number of aliphatic hydroxyl groups is 1. The minimum absolute atomic E-state index is 0.00414. The number of unbranched alkanes of at least 4 members (excludes halogenated alkanes) is 1. The summed E-state index contributed by atoms with van der Waals surface area (Å²) in [5.41, 5.74) is -0.505. The van der Waals surface area contributed by atoms with E-state index in [9.17, 15) is 4.79 Å². The largest absolute Gasteiger partial charge is 0.494 e. The molecule has 0 saturated heterocycles. The summed E-state index contributed by atoms with van der Waals surface area (Å²) in [5.74, 6) is 0.871. The SMILES string of the molecule is CC(C)(CCO)C(=O)NCCCCOc1ccccc1. The highest BCUT2D eigenvalue weighted by molar-refractivity contribution is 5.81. The number of carbonyl (C=O) groups is 1. The summed E-state index contributed by atoms with van der Waals surface area (Å²) in [6.45, 7) is 5.02. The number of aliphatic hydroxyl groups excluding tert-OH is 1. The second kappa shape index (κ2) is 8.59. The van der Waals surface area contributed by atoms with E-state index in [0.29, 0.717) is 19.6 Å². The van der Waals surface area contributed by atoms with E-state index in [0.717, 1.165) is 18.6 Å². The Morgan fingerprint density at radius 2 is 1.95 bits per heavy atom. The van der Waals surface area contributed by atoms with Gasteiger partial charge in [-0.1, -0.05) is 32.0 Å². The van der Waals surface area contributed by atoms with Crippen LogP contribution in [0.3, 0.4) is 0 Å². The van der Waals surface area contributed by atoms with Crippen molar-refractivity contribution in [1.82, 2.24) is 5.32 Å². The van der Waals surface area contributed by atoms with Crippen LogP contribution in [-0.4, -0.2) is 30.8 Å². The van der Waals surface area contributed by atoms with E-state index >= 15 is 0 Å². The molecule has 0 aliphatic heterocycles. The number of hydrogen-bond donors (Lipinski definition) is 2. The summed E-state index contributed by atoms with van der Waals surface area (Å²) in [6.07, 6.45) is 2.26. The highest BCUT2D eigenvalue weighted by atomic mass is 16.5. The standard InChI is InChI=1S/C16H25NO3/c1-16(2,10-12-18)15(19)17-11-6-7-13-20-14-8-4-3-5-9-14/h3-5,8-9,18H,6-7,10-13H2,1-2H3,(H,17,19). The lowest BCUT2D eigenvalue weighted by Crippen LogP contribution is -2.38. The fourth-order valence-electron chi connectivity index (χ4n) is 1.77. The fraction of sp³-hybridized carbons (Fsp3) is 0.562. The van der Waals surface area contributed by atoms with Gasteiger partial charge in [0, 0.05) is 18.6 Å². The first kappa shape index (κ1) is 16.5. The Hall–Kier alpha value is -1.55. The smallest absolute Gasteiger partial charge is 0.225 e. The molecule has 0 unspecified atom stereocenters. The van der Waals surface area contributed by atoms with Gasteiger partial charge in [0.1, 0.15) is 5.75 Å². The Labute approximate surface area is 121 Å². The van der Waals surface area contributed by atoms with Crippen LogP contribution in [0, 0.1) is 5.41 Å². The maximum absolute atomic E-state index is 11.9. The Bertz CT molecular complexity index is 390. The van der Waals surface area contributed by atoms with Crippen molar-refractivity contribution in [3.63, 3.8) is 0 Å². The van der Waals surface area contributed by atoms with Crippen molar-refractivity contribution in [3.05, 3.63) is 30.3 Å². The third-order valence-electron chi connectivity index (χ3n) is 3.22. The molecule has 4 heteroatoms. The number of benzene rings is 1. The molecule has 1 amide bonds. The zero-order chi connectivity index (χ0) is 14.8. The van der Waals surface area contributed by atoms with E-state index < -0.39 is 5.41 Å². The molecule has 0 spiro atoms.